The molecule has 90 valence electrons. The summed E-state index contributed by atoms with van der Waals surface area (Å²) in [7, 11) is 0.778. The summed E-state index contributed by atoms with van der Waals surface area (Å²) in [6.45, 7) is 0. The number of esters is 1. The third kappa shape index (κ3) is 2.54. The Morgan fingerprint density at radius 1 is 1.44 bits per heavy atom. The van der Waals surface area contributed by atoms with Gasteiger partial charge in [-0.05, 0) is 25.7 Å². The van der Waals surface area contributed by atoms with E-state index in [1.165, 1.54) is 19.1 Å². The molecule has 0 N–H and O–H groups in total. The maximum Gasteiger partial charge on any atom is 0.309 e. The smallest absolute Gasteiger partial charge is 0.309 e. The van der Waals surface area contributed by atoms with Crippen molar-refractivity contribution in [1.29, 1.82) is 0 Å². The van der Waals surface area contributed by atoms with Gasteiger partial charge in [-0.3, -0.25) is 9.00 Å². The predicted octanol–water partition coefficient (Wildman–Crippen LogP) is 1.94. The minimum Gasteiger partial charge on any atom is -0.469 e. The lowest BCUT2D eigenvalue weighted by molar-refractivity contribution is -0.139. The van der Waals surface area contributed by atoms with Crippen LogP contribution in [0.25, 0.3) is 0 Å². The molecule has 0 amide bonds. The zero-order valence-electron chi connectivity index (χ0n) is 9.61. The lowest BCUT2D eigenvalue weighted by atomic mass is 9.93. The molecule has 2 heterocycles. The lowest BCUT2D eigenvalue weighted by Crippen LogP contribution is -2.36. The van der Waals surface area contributed by atoms with Gasteiger partial charge in [-0.2, -0.15) is 0 Å². The first-order valence-corrected chi connectivity index (χ1v) is 7.12. The van der Waals surface area contributed by atoms with Crippen LogP contribution in [-0.4, -0.2) is 27.8 Å². The summed E-state index contributed by atoms with van der Waals surface area (Å²) in [4.78, 5) is 11.0. The Labute approximate surface area is 98.7 Å². The van der Waals surface area contributed by atoms with Crippen LogP contribution in [0.2, 0.25) is 0 Å². The number of allylic oxidation sites excluding steroid dienone is 1. The molecular formula is C12H18O3S. The summed E-state index contributed by atoms with van der Waals surface area (Å²) in [6.07, 6.45) is 7.55. The number of methoxy groups -OCH3 is 1. The highest BCUT2D eigenvalue weighted by molar-refractivity contribution is 7.86. The molecule has 0 aromatic rings. The molecule has 0 spiro atoms. The van der Waals surface area contributed by atoms with E-state index >= 15 is 0 Å². The van der Waals surface area contributed by atoms with E-state index in [0.29, 0.717) is 16.9 Å². The Hall–Kier alpha value is -0.640. The van der Waals surface area contributed by atoms with Gasteiger partial charge >= 0.3 is 5.97 Å². The van der Waals surface area contributed by atoms with E-state index in [0.717, 1.165) is 25.7 Å². The average Bonchev–Trinajstić information content (AvgIpc) is 2.26. The summed E-state index contributed by atoms with van der Waals surface area (Å²) in [5.74, 6) is -0.190. The van der Waals surface area contributed by atoms with Gasteiger partial charge in [0.15, 0.2) is 0 Å². The number of ether oxygens (including phenoxy) is 1. The Bertz CT molecular complexity index is 317. The van der Waals surface area contributed by atoms with Crippen molar-refractivity contribution < 1.29 is 13.7 Å². The third-order valence-electron chi connectivity index (χ3n) is 3.47. The molecule has 0 aliphatic carbocycles. The van der Waals surface area contributed by atoms with Crippen LogP contribution in [0.1, 0.15) is 38.5 Å². The molecule has 2 bridgehead atoms. The van der Waals surface area contributed by atoms with Crippen LogP contribution in [0.3, 0.4) is 0 Å². The van der Waals surface area contributed by atoms with Crippen molar-refractivity contribution in [2.75, 3.05) is 7.11 Å². The van der Waals surface area contributed by atoms with Crippen molar-refractivity contribution in [3.8, 4) is 0 Å². The van der Waals surface area contributed by atoms with Gasteiger partial charge in [-0.1, -0.05) is 18.1 Å². The van der Waals surface area contributed by atoms with Crippen molar-refractivity contribution in [2.45, 2.75) is 49.0 Å². The van der Waals surface area contributed by atoms with Crippen molar-refractivity contribution in [3.63, 3.8) is 0 Å². The first-order chi connectivity index (χ1) is 7.70. The lowest BCUT2D eigenvalue weighted by Gasteiger charge is -2.35. The van der Waals surface area contributed by atoms with Crippen LogP contribution in [-0.2, 0) is 20.3 Å². The van der Waals surface area contributed by atoms with Crippen LogP contribution in [0.5, 0.6) is 0 Å². The highest BCUT2D eigenvalue weighted by Crippen LogP contribution is 2.36. The average molecular weight is 242 g/mol. The van der Waals surface area contributed by atoms with E-state index < -0.39 is 10.8 Å². The number of rotatable bonds is 2. The minimum absolute atomic E-state index is 0.190. The van der Waals surface area contributed by atoms with Crippen LogP contribution in [0, 0.1) is 0 Å². The maximum atomic E-state index is 11.9. The van der Waals surface area contributed by atoms with Crippen molar-refractivity contribution in [2.24, 2.45) is 0 Å². The molecule has 0 aromatic heterocycles. The topological polar surface area (TPSA) is 43.4 Å². The summed E-state index contributed by atoms with van der Waals surface area (Å²) >= 11 is 0. The normalized spacial score (nSPS) is 33.3. The van der Waals surface area contributed by atoms with E-state index in [1.54, 1.807) is 0 Å². The number of fused-ring (bicyclic) bond motifs is 2. The fourth-order valence-corrected chi connectivity index (χ4v) is 4.69. The van der Waals surface area contributed by atoms with Crippen molar-refractivity contribution in [1.82, 2.24) is 0 Å². The van der Waals surface area contributed by atoms with Crippen LogP contribution in [0.4, 0.5) is 0 Å². The van der Waals surface area contributed by atoms with Crippen molar-refractivity contribution in [3.05, 3.63) is 11.6 Å². The summed E-state index contributed by atoms with van der Waals surface area (Å²) < 4.78 is 16.6. The SMILES string of the molecule is COC(=O)CC=C1CC2CCCC(C1)S2=O. The van der Waals surface area contributed by atoms with Gasteiger partial charge < -0.3 is 4.74 Å². The van der Waals surface area contributed by atoms with Gasteiger partial charge in [0.05, 0.1) is 13.5 Å². The van der Waals surface area contributed by atoms with E-state index in [2.05, 4.69) is 4.74 Å². The van der Waals surface area contributed by atoms with E-state index in [9.17, 15) is 9.00 Å². The Morgan fingerprint density at radius 2 is 2.06 bits per heavy atom. The molecular weight excluding hydrogens is 224 g/mol. The highest BCUT2D eigenvalue weighted by Gasteiger charge is 2.35. The molecule has 2 aliphatic heterocycles. The molecule has 3 nitrogen and oxygen atoms in total. The van der Waals surface area contributed by atoms with Crippen molar-refractivity contribution >= 4 is 16.8 Å². The maximum absolute atomic E-state index is 11.9. The summed E-state index contributed by atoms with van der Waals surface area (Å²) in [5, 5.41) is 0.688. The fourth-order valence-electron chi connectivity index (χ4n) is 2.59. The predicted molar refractivity (Wildman–Crippen MR) is 63.5 cm³/mol. The van der Waals surface area contributed by atoms with Gasteiger partial charge in [0.25, 0.3) is 0 Å². The molecule has 4 heteroatoms. The van der Waals surface area contributed by atoms with Gasteiger partial charge in [0, 0.05) is 21.3 Å². The van der Waals surface area contributed by atoms with Gasteiger partial charge in [0.2, 0.25) is 0 Å². The first-order valence-electron chi connectivity index (χ1n) is 5.85. The van der Waals surface area contributed by atoms with Gasteiger partial charge in [-0.15, -0.1) is 0 Å². The molecule has 2 rings (SSSR count). The van der Waals surface area contributed by atoms with Crippen LogP contribution < -0.4 is 0 Å². The first kappa shape index (κ1) is 11.8. The molecule has 2 unspecified atom stereocenters. The second-order valence-electron chi connectivity index (χ2n) is 4.55. The fraction of sp³-hybridized carbons (Fsp3) is 0.750. The molecule has 16 heavy (non-hydrogen) atoms. The zero-order chi connectivity index (χ0) is 11.5. The Morgan fingerprint density at radius 3 is 2.62 bits per heavy atom. The molecule has 2 atom stereocenters. The van der Waals surface area contributed by atoms with E-state index in [4.69, 9.17) is 0 Å². The molecule has 0 saturated carbocycles. The molecule has 2 saturated heterocycles. The van der Waals surface area contributed by atoms with Crippen LogP contribution >= 0.6 is 0 Å². The zero-order valence-corrected chi connectivity index (χ0v) is 10.4. The van der Waals surface area contributed by atoms with E-state index in [1.807, 2.05) is 6.08 Å². The Kier molecular flexibility index (Phi) is 3.79. The number of carbonyl (C=O) groups is 1. The quantitative estimate of drug-likeness (QED) is 0.549. The second-order valence-corrected chi connectivity index (χ2v) is 6.54. The molecule has 0 aromatic carbocycles. The van der Waals surface area contributed by atoms with Gasteiger partial charge in [-0.25, -0.2) is 0 Å². The van der Waals surface area contributed by atoms with E-state index in [-0.39, 0.29) is 5.97 Å². The molecule has 2 fully saturated rings. The monoisotopic (exact) mass is 242 g/mol. The van der Waals surface area contributed by atoms with Crippen LogP contribution in [0.15, 0.2) is 11.6 Å². The highest BCUT2D eigenvalue weighted by atomic mass is 32.2. The number of hydrogen-bond donors (Lipinski definition) is 0. The summed E-state index contributed by atoms with van der Waals surface area (Å²) in [6, 6.07) is 0. The second kappa shape index (κ2) is 5.13. The number of hydrogen-bond acceptors (Lipinski definition) is 3. The third-order valence-corrected chi connectivity index (χ3v) is 5.59. The Balaban J connectivity index is 1.99. The molecule has 2 aliphatic rings. The number of carbonyl (C=O) groups excluding carboxylic acids is 1. The van der Waals surface area contributed by atoms with Gasteiger partial charge in [0.1, 0.15) is 0 Å². The minimum atomic E-state index is -0.630. The standard InChI is InChI=1S/C12H18O3S/c1-15-12(13)6-5-9-7-10-3-2-4-11(8-9)16(10)14/h5,10-11H,2-4,6-8H2,1H3. The largest absolute Gasteiger partial charge is 0.469 e. The summed E-state index contributed by atoms with van der Waals surface area (Å²) in [5.41, 5.74) is 1.31. The molecule has 0 radical (unpaired) electrons.